The zero-order chi connectivity index (χ0) is 24.3. The van der Waals surface area contributed by atoms with Crippen LogP contribution in [0.25, 0.3) is 11.2 Å². The van der Waals surface area contributed by atoms with Crippen LogP contribution in [0.15, 0.2) is 6.33 Å². The van der Waals surface area contributed by atoms with Crippen LogP contribution in [0.2, 0.25) is 5.28 Å². The van der Waals surface area contributed by atoms with Crippen LogP contribution in [0.4, 0.5) is 0 Å². The van der Waals surface area contributed by atoms with Crippen molar-refractivity contribution >= 4 is 36.3 Å². The lowest BCUT2D eigenvalue weighted by Crippen LogP contribution is -2.38. The molecular formula is C17H24ClN4O10P. The Balaban J connectivity index is 1.85. The van der Waals surface area contributed by atoms with Gasteiger partial charge in [0.05, 0.1) is 26.1 Å². The van der Waals surface area contributed by atoms with Crippen LogP contribution in [0, 0.1) is 0 Å². The molecule has 0 aromatic carbocycles. The Hall–Kier alpha value is -1.90. The molecule has 0 aliphatic carbocycles. The number of carbonyl (C=O) groups excluding carboxylic acids is 1. The lowest BCUT2D eigenvalue weighted by molar-refractivity contribution is -0.155. The third-order valence-corrected chi connectivity index (χ3v) is 5.85. The van der Waals surface area contributed by atoms with E-state index in [-0.39, 0.29) is 28.9 Å². The van der Waals surface area contributed by atoms with Crippen LogP contribution in [0.3, 0.4) is 0 Å². The third kappa shape index (κ3) is 5.44. The molecule has 0 spiro atoms. The van der Waals surface area contributed by atoms with Gasteiger partial charge >= 0.3 is 13.6 Å². The van der Waals surface area contributed by atoms with Gasteiger partial charge in [-0.2, -0.15) is 9.97 Å². The first-order valence-corrected chi connectivity index (χ1v) is 11.9. The van der Waals surface area contributed by atoms with Gasteiger partial charge in [-0.15, -0.1) is 0 Å². The highest BCUT2D eigenvalue weighted by Gasteiger charge is 2.47. The quantitative estimate of drug-likeness (QED) is 0.224. The number of rotatable bonds is 10. The molecule has 1 saturated heterocycles. The van der Waals surface area contributed by atoms with Crippen LogP contribution >= 0.6 is 19.2 Å². The molecular weight excluding hydrogens is 487 g/mol. The summed E-state index contributed by atoms with van der Waals surface area (Å²) in [5.41, 5.74) is 0.508. The van der Waals surface area contributed by atoms with Gasteiger partial charge in [0.1, 0.15) is 18.3 Å². The SMILES string of the molecule is CCOC(=O)C(OCC1OC(n2cnc3c(OCC)nc(Cl)nc32)C(O)C1OC)P(=O)(O)O. The van der Waals surface area contributed by atoms with E-state index in [4.69, 9.17) is 30.5 Å². The fourth-order valence-corrected chi connectivity index (χ4v) is 4.15. The molecule has 184 valence electrons. The number of halogens is 1. The highest BCUT2D eigenvalue weighted by atomic mass is 35.5. The minimum atomic E-state index is -4.99. The second kappa shape index (κ2) is 10.6. The molecule has 2 aromatic rings. The lowest BCUT2D eigenvalue weighted by atomic mass is 10.1. The number of hydrogen-bond donors (Lipinski definition) is 3. The fourth-order valence-electron chi connectivity index (χ4n) is 3.37. The number of ether oxygens (including phenoxy) is 5. The Bertz CT molecular complexity index is 1030. The maximum absolute atomic E-state index is 11.9. The average Bonchev–Trinajstić information content (AvgIpc) is 3.28. The van der Waals surface area contributed by atoms with Crippen molar-refractivity contribution in [2.45, 2.75) is 44.2 Å². The Morgan fingerprint density at radius 2 is 2.06 bits per heavy atom. The Morgan fingerprint density at radius 1 is 1.33 bits per heavy atom. The van der Waals surface area contributed by atoms with Gasteiger partial charge in [-0.3, -0.25) is 9.13 Å². The molecule has 0 radical (unpaired) electrons. The summed E-state index contributed by atoms with van der Waals surface area (Å²) in [4.78, 5) is 43.1. The number of methoxy groups -OCH3 is 1. The molecule has 1 aliphatic heterocycles. The summed E-state index contributed by atoms with van der Waals surface area (Å²) in [6.45, 7) is 2.97. The monoisotopic (exact) mass is 510 g/mol. The van der Waals surface area contributed by atoms with E-state index in [9.17, 15) is 24.3 Å². The van der Waals surface area contributed by atoms with Gasteiger partial charge in [0.15, 0.2) is 17.4 Å². The average molecular weight is 511 g/mol. The summed E-state index contributed by atoms with van der Waals surface area (Å²) < 4.78 is 39.5. The number of carbonyl (C=O) groups is 1. The van der Waals surface area contributed by atoms with E-state index in [2.05, 4.69) is 19.7 Å². The van der Waals surface area contributed by atoms with Crippen molar-refractivity contribution in [2.24, 2.45) is 0 Å². The van der Waals surface area contributed by atoms with Gasteiger partial charge in [0, 0.05) is 7.11 Å². The number of hydrogen-bond acceptors (Lipinski definition) is 11. The van der Waals surface area contributed by atoms with Crippen LogP contribution < -0.4 is 4.74 Å². The van der Waals surface area contributed by atoms with Gasteiger partial charge in [-0.05, 0) is 25.4 Å². The molecule has 0 saturated carbocycles. The number of imidazole rings is 1. The smallest absolute Gasteiger partial charge is 0.365 e. The number of nitrogens with zero attached hydrogens (tertiary/aromatic N) is 4. The van der Waals surface area contributed by atoms with E-state index in [1.54, 1.807) is 6.92 Å². The predicted octanol–water partition coefficient (Wildman–Crippen LogP) is 0.235. The first kappa shape index (κ1) is 25.7. The van der Waals surface area contributed by atoms with Gasteiger partial charge in [-0.1, -0.05) is 0 Å². The minimum absolute atomic E-state index is 0.0953. The molecule has 14 nitrogen and oxygen atoms in total. The van der Waals surface area contributed by atoms with Gasteiger partial charge in [0.25, 0.3) is 5.85 Å². The first-order chi connectivity index (χ1) is 15.6. The topological polar surface area (TPSA) is 185 Å². The summed E-state index contributed by atoms with van der Waals surface area (Å²) in [5, 5.41) is 10.7. The Morgan fingerprint density at radius 3 is 2.67 bits per heavy atom. The Labute approximate surface area is 192 Å². The van der Waals surface area contributed by atoms with Crippen LogP contribution in [-0.4, -0.2) is 91.5 Å². The van der Waals surface area contributed by atoms with Crippen LogP contribution in [0.1, 0.15) is 20.1 Å². The number of fused-ring (bicyclic) bond motifs is 1. The maximum atomic E-state index is 11.9. The van der Waals surface area contributed by atoms with Crippen molar-refractivity contribution in [3.8, 4) is 5.88 Å². The molecule has 2 aromatic heterocycles. The van der Waals surface area contributed by atoms with E-state index in [1.807, 2.05) is 0 Å². The summed E-state index contributed by atoms with van der Waals surface area (Å²) in [6.07, 6.45) is -2.99. The molecule has 1 aliphatic rings. The van der Waals surface area contributed by atoms with E-state index < -0.39 is 50.6 Å². The molecule has 1 fully saturated rings. The number of aromatic nitrogens is 4. The predicted molar refractivity (Wildman–Crippen MR) is 111 cm³/mol. The van der Waals surface area contributed by atoms with E-state index >= 15 is 0 Å². The van der Waals surface area contributed by atoms with Crippen molar-refractivity contribution in [1.82, 2.24) is 19.5 Å². The van der Waals surface area contributed by atoms with Gasteiger partial charge in [-0.25, -0.2) is 9.78 Å². The van der Waals surface area contributed by atoms with Crippen molar-refractivity contribution in [3.05, 3.63) is 11.6 Å². The van der Waals surface area contributed by atoms with Crippen molar-refractivity contribution in [1.29, 1.82) is 0 Å². The number of esters is 1. The molecule has 5 unspecified atom stereocenters. The largest absolute Gasteiger partial charge is 0.476 e. The molecule has 0 amide bonds. The minimum Gasteiger partial charge on any atom is -0.476 e. The van der Waals surface area contributed by atoms with E-state index in [0.29, 0.717) is 6.61 Å². The molecule has 16 heteroatoms. The van der Waals surface area contributed by atoms with Crippen molar-refractivity contribution < 1.29 is 47.9 Å². The highest BCUT2D eigenvalue weighted by Crippen LogP contribution is 2.43. The second-order valence-corrected chi connectivity index (χ2v) is 8.82. The molecule has 3 heterocycles. The molecule has 5 atom stereocenters. The molecule has 3 rings (SSSR count). The maximum Gasteiger partial charge on any atom is 0.365 e. The lowest BCUT2D eigenvalue weighted by Gasteiger charge is -2.22. The summed E-state index contributed by atoms with van der Waals surface area (Å²) in [5.74, 6) is -3.21. The molecule has 3 N–H and O–H groups in total. The molecule has 0 bridgehead atoms. The first-order valence-electron chi connectivity index (χ1n) is 9.84. The van der Waals surface area contributed by atoms with Gasteiger partial charge < -0.3 is 38.6 Å². The standard InChI is InChI=1S/C17H24ClN4O10P/c1-4-29-13-9-12(20-17(18)21-13)22(7-19-9)14-10(23)11(28-3)8(32-14)6-31-16(33(25,26)27)15(24)30-5-2/h7-8,10-11,14,16,23H,4-6H2,1-3H3,(H2,25,26,27). The van der Waals surface area contributed by atoms with E-state index in [0.717, 1.165) is 0 Å². The zero-order valence-electron chi connectivity index (χ0n) is 17.9. The second-order valence-electron chi connectivity index (χ2n) is 6.84. The van der Waals surface area contributed by atoms with Crippen LogP contribution in [0.5, 0.6) is 5.88 Å². The van der Waals surface area contributed by atoms with Gasteiger partial charge in [0.2, 0.25) is 11.2 Å². The van der Waals surface area contributed by atoms with Crippen LogP contribution in [-0.2, 0) is 28.3 Å². The fraction of sp³-hybridized carbons (Fsp3) is 0.647. The number of aliphatic hydroxyl groups excluding tert-OH is 1. The third-order valence-electron chi connectivity index (χ3n) is 4.71. The Kier molecular flexibility index (Phi) is 8.24. The zero-order valence-corrected chi connectivity index (χ0v) is 19.5. The number of aliphatic hydroxyl groups is 1. The normalized spacial score (nSPS) is 24.2. The van der Waals surface area contributed by atoms with Crippen molar-refractivity contribution in [3.63, 3.8) is 0 Å². The van der Waals surface area contributed by atoms with Crippen molar-refractivity contribution in [2.75, 3.05) is 26.9 Å². The van der Waals surface area contributed by atoms with E-state index in [1.165, 1.54) is 24.9 Å². The summed E-state index contributed by atoms with van der Waals surface area (Å²) in [6, 6.07) is 0. The molecule has 33 heavy (non-hydrogen) atoms. The highest BCUT2D eigenvalue weighted by molar-refractivity contribution is 7.53. The summed E-state index contributed by atoms with van der Waals surface area (Å²) in [7, 11) is -3.68. The summed E-state index contributed by atoms with van der Waals surface area (Å²) >= 11 is 5.99.